The Bertz CT molecular complexity index is 1120. The van der Waals surface area contributed by atoms with Crippen molar-refractivity contribution >= 4 is 18.9 Å². The summed E-state index contributed by atoms with van der Waals surface area (Å²) < 4.78 is 11.3. The third-order valence-electron chi connectivity index (χ3n) is 6.66. The molecule has 1 saturated heterocycles. The summed E-state index contributed by atoms with van der Waals surface area (Å²) >= 11 is 0. The van der Waals surface area contributed by atoms with E-state index in [1.165, 1.54) is 19.9 Å². The summed E-state index contributed by atoms with van der Waals surface area (Å²) in [5.41, 5.74) is 1.35. The van der Waals surface area contributed by atoms with Crippen LogP contribution in [0.3, 0.4) is 0 Å². The van der Waals surface area contributed by atoms with E-state index in [2.05, 4.69) is 15.6 Å². The van der Waals surface area contributed by atoms with Gasteiger partial charge in [-0.1, -0.05) is 50.2 Å². The second-order valence-electron chi connectivity index (χ2n) is 10.4. The number of pyridine rings is 1. The highest BCUT2D eigenvalue weighted by molar-refractivity contribution is 6.43. The molecule has 13 heteroatoms. The quantitative estimate of drug-likeness (QED) is 0.179. The lowest BCUT2D eigenvalue weighted by molar-refractivity contribution is -0.303. The number of aliphatic hydroxyl groups is 3. The van der Waals surface area contributed by atoms with Crippen molar-refractivity contribution in [2.75, 3.05) is 0 Å². The molecular formula is C27H38BN3O9. The maximum Gasteiger partial charge on any atom is 0.475 e. The lowest BCUT2D eigenvalue weighted by atomic mass is 9.75. The van der Waals surface area contributed by atoms with Crippen molar-refractivity contribution in [1.29, 1.82) is 0 Å². The molecule has 12 nitrogen and oxygen atoms in total. The summed E-state index contributed by atoms with van der Waals surface area (Å²) in [6.07, 6.45) is -7.77. The molecule has 0 saturated carbocycles. The number of hydrogen-bond donors (Lipinski definition) is 7. The molecule has 1 aliphatic rings. The van der Waals surface area contributed by atoms with E-state index in [4.69, 9.17) is 9.47 Å². The standard InChI is InChI=1S/C27H38BN3O9/c1-14(2)13-20(28(37)38)30-26(36)21(15(3)39-27-24(34)23(33)22(32)16(4)40-27)31-25(35)19-12-8-11-18(29-19)17-9-6-5-7-10-17/h5-12,14-16,20-24,27,32-34,37-38H,13H2,1-4H3,(H,30,36)(H,31,35)/t15?,16-,20?,21-,22+,23+,24-,27+/m0/s1. The summed E-state index contributed by atoms with van der Waals surface area (Å²) in [7, 11) is -1.86. The SMILES string of the molecule is CC(C)CC(NC(=O)[C@@H](NC(=O)c1cccc(-c2ccccc2)n1)C(C)O[C@@H]1O[C@@H](C)[C@@H](O)[C@@H](O)[C@@H]1O)B(O)O. The van der Waals surface area contributed by atoms with Crippen LogP contribution in [0.4, 0.5) is 0 Å². The zero-order valence-corrected chi connectivity index (χ0v) is 22.9. The van der Waals surface area contributed by atoms with Crippen molar-refractivity contribution in [2.45, 2.75) is 82.9 Å². The van der Waals surface area contributed by atoms with Gasteiger partial charge in [-0.3, -0.25) is 9.59 Å². The van der Waals surface area contributed by atoms with E-state index >= 15 is 0 Å². The number of aromatic nitrogens is 1. The number of rotatable bonds is 11. The maximum atomic E-state index is 13.4. The molecule has 40 heavy (non-hydrogen) atoms. The lowest BCUT2D eigenvalue weighted by Gasteiger charge is -2.40. The molecule has 2 unspecified atom stereocenters. The number of hydrogen-bond acceptors (Lipinski definition) is 10. The number of aliphatic hydroxyl groups excluding tert-OH is 3. The predicted molar refractivity (Wildman–Crippen MR) is 145 cm³/mol. The van der Waals surface area contributed by atoms with Crippen molar-refractivity contribution < 1.29 is 44.4 Å². The van der Waals surface area contributed by atoms with Crippen LogP contribution in [-0.4, -0.2) is 98.1 Å². The van der Waals surface area contributed by atoms with Crippen LogP contribution in [0.1, 0.15) is 44.6 Å². The van der Waals surface area contributed by atoms with Gasteiger partial charge in [0.2, 0.25) is 5.91 Å². The molecule has 1 aromatic heterocycles. The average molecular weight is 559 g/mol. The molecule has 0 radical (unpaired) electrons. The number of amides is 2. The molecule has 2 aromatic rings. The van der Waals surface area contributed by atoms with Crippen LogP contribution in [0.2, 0.25) is 0 Å². The normalized spacial score (nSPS) is 25.1. The third kappa shape index (κ3) is 8.07. The Balaban J connectivity index is 1.85. The van der Waals surface area contributed by atoms with E-state index in [-0.39, 0.29) is 18.0 Å². The topological polar surface area (TPSA) is 191 Å². The first kappa shape index (κ1) is 31.6. The molecular weight excluding hydrogens is 521 g/mol. The highest BCUT2D eigenvalue weighted by Crippen LogP contribution is 2.24. The van der Waals surface area contributed by atoms with Gasteiger partial charge in [0.05, 0.1) is 23.8 Å². The minimum absolute atomic E-state index is 0.0129. The maximum absolute atomic E-state index is 13.4. The first-order chi connectivity index (χ1) is 18.9. The van der Waals surface area contributed by atoms with Crippen molar-refractivity contribution in [3.05, 3.63) is 54.2 Å². The van der Waals surface area contributed by atoms with Crippen LogP contribution >= 0.6 is 0 Å². The molecule has 0 spiro atoms. The van der Waals surface area contributed by atoms with E-state index in [9.17, 15) is 35.0 Å². The molecule has 8 atom stereocenters. The Labute approximate surface area is 233 Å². The van der Waals surface area contributed by atoms with Crippen LogP contribution in [0.15, 0.2) is 48.5 Å². The number of benzene rings is 1. The lowest BCUT2D eigenvalue weighted by Crippen LogP contribution is -2.61. The molecule has 218 valence electrons. The van der Waals surface area contributed by atoms with E-state index in [1.54, 1.807) is 12.1 Å². The van der Waals surface area contributed by atoms with Crippen LogP contribution in [0.5, 0.6) is 0 Å². The Morgan fingerprint density at radius 3 is 2.27 bits per heavy atom. The molecule has 0 aliphatic carbocycles. The number of nitrogens with zero attached hydrogens (tertiary/aromatic N) is 1. The highest BCUT2D eigenvalue weighted by atomic mass is 16.7. The molecule has 0 bridgehead atoms. The summed E-state index contributed by atoms with van der Waals surface area (Å²) in [5.74, 6) is -2.50. The minimum atomic E-state index is -1.86. The fourth-order valence-corrected chi connectivity index (χ4v) is 4.39. The van der Waals surface area contributed by atoms with E-state index < -0.39 is 67.7 Å². The largest absolute Gasteiger partial charge is 0.475 e. The first-order valence-electron chi connectivity index (χ1n) is 13.2. The molecule has 1 fully saturated rings. The molecule has 1 aromatic carbocycles. The summed E-state index contributed by atoms with van der Waals surface area (Å²) in [6, 6.07) is 12.7. The van der Waals surface area contributed by atoms with Crippen molar-refractivity contribution in [3.63, 3.8) is 0 Å². The zero-order valence-electron chi connectivity index (χ0n) is 22.9. The number of nitrogens with one attached hydrogen (secondary N) is 2. The molecule has 7 N–H and O–H groups in total. The summed E-state index contributed by atoms with van der Waals surface area (Å²) in [6.45, 7) is 6.63. The summed E-state index contributed by atoms with van der Waals surface area (Å²) in [4.78, 5) is 31.1. The van der Waals surface area contributed by atoms with E-state index in [0.29, 0.717) is 5.69 Å². The second-order valence-corrected chi connectivity index (χ2v) is 10.4. The van der Waals surface area contributed by atoms with Gasteiger partial charge >= 0.3 is 7.12 Å². The Morgan fingerprint density at radius 1 is 0.975 bits per heavy atom. The third-order valence-corrected chi connectivity index (χ3v) is 6.66. The average Bonchev–Trinajstić information content (AvgIpc) is 2.93. The predicted octanol–water partition coefficient (Wildman–Crippen LogP) is -0.377. The van der Waals surface area contributed by atoms with Gasteiger partial charge in [0, 0.05) is 5.56 Å². The van der Waals surface area contributed by atoms with Gasteiger partial charge in [-0.15, -0.1) is 0 Å². The second kappa shape index (κ2) is 14.1. The van der Waals surface area contributed by atoms with Gasteiger partial charge in [-0.2, -0.15) is 0 Å². The van der Waals surface area contributed by atoms with E-state index in [1.807, 2.05) is 44.2 Å². The summed E-state index contributed by atoms with van der Waals surface area (Å²) in [5, 5.41) is 55.3. The zero-order chi connectivity index (χ0) is 29.6. The van der Waals surface area contributed by atoms with Crippen molar-refractivity contribution in [3.8, 4) is 11.3 Å². The number of carbonyl (C=O) groups excluding carboxylic acids is 2. The highest BCUT2D eigenvalue weighted by Gasteiger charge is 2.44. The van der Waals surface area contributed by atoms with Crippen LogP contribution < -0.4 is 10.6 Å². The fourth-order valence-electron chi connectivity index (χ4n) is 4.39. The Kier molecular flexibility index (Phi) is 11.2. The molecule has 1 aliphatic heterocycles. The number of ether oxygens (including phenoxy) is 2. The van der Waals surface area contributed by atoms with Gasteiger partial charge in [0.15, 0.2) is 6.29 Å². The van der Waals surface area contributed by atoms with Gasteiger partial charge in [-0.25, -0.2) is 4.98 Å². The molecule has 3 rings (SSSR count). The Morgan fingerprint density at radius 2 is 1.65 bits per heavy atom. The van der Waals surface area contributed by atoms with Crippen LogP contribution in [0, 0.1) is 5.92 Å². The van der Waals surface area contributed by atoms with Gasteiger partial charge in [0.25, 0.3) is 5.91 Å². The van der Waals surface area contributed by atoms with Crippen molar-refractivity contribution in [1.82, 2.24) is 15.6 Å². The van der Waals surface area contributed by atoms with Gasteiger partial charge in [0.1, 0.15) is 30.0 Å². The van der Waals surface area contributed by atoms with Crippen LogP contribution in [0.25, 0.3) is 11.3 Å². The molecule has 2 heterocycles. The first-order valence-corrected chi connectivity index (χ1v) is 13.2. The van der Waals surface area contributed by atoms with E-state index in [0.717, 1.165) is 5.56 Å². The number of carbonyl (C=O) groups is 2. The van der Waals surface area contributed by atoms with Gasteiger partial charge < -0.3 is 45.5 Å². The fraction of sp³-hybridized carbons (Fsp3) is 0.519. The van der Waals surface area contributed by atoms with Gasteiger partial charge in [-0.05, 0) is 38.3 Å². The smallest absolute Gasteiger partial charge is 0.426 e. The minimum Gasteiger partial charge on any atom is -0.426 e. The monoisotopic (exact) mass is 559 g/mol. The Hall–Kier alpha value is -2.91. The van der Waals surface area contributed by atoms with Crippen molar-refractivity contribution in [2.24, 2.45) is 5.92 Å². The molecule has 2 amide bonds. The van der Waals surface area contributed by atoms with Crippen LogP contribution in [-0.2, 0) is 14.3 Å².